The Morgan fingerprint density at radius 2 is 1.71 bits per heavy atom. The summed E-state index contributed by atoms with van der Waals surface area (Å²) in [7, 11) is -2.01. The van der Waals surface area contributed by atoms with Gasteiger partial charge in [-0.2, -0.15) is 5.26 Å². The van der Waals surface area contributed by atoms with Crippen molar-refractivity contribution in [2.24, 2.45) is 0 Å². The van der Waals surface area contributed by atoms with Gasteiger partial charge in [0.2, 0.25) is 8.32 Å². The summed E-state index contributed by atoms with van der Waals surface area (Å²) >= 11 is 0. The van der Waals surface area contributed by atoms with Gasteiger partial charge in [0, 0.05) is 18.0 Å². The second kappa shape index (κ2) is 9.47. The monoisotopic (exact) mass is 396 g/mol. The van der Waals surface area contributed by atoms with Crippen LogP contribution in [0.15, 0.2) is 42.7 Å². The Morgan fingerprint density at radius 3 is 2.29 bits per heavy atom. The Kier molecular flexibility index (Phi) is 7.53. The number of rotatable bonds is 8. The van der Waals surface area contributed by atoms with E-state index in [9.17, 15) is 5.11 Å². The largest absolute Gasteiger partial charge is 0.412 e. The number of hydrogen-bond acceptors (Lipinski definition) is 4. The van der Waals surface area contributed by atoms with E-state index in [4.69, 9.17) is 9.69 Å². The molecule has 1 N–H and O–H groups in total. The molecule has 0 radical (unpaired) electrons. The first kappa shape index (κ1) is 22.3. The molecule has 0 saturated carbocycles. The molecule has 0 spiro atoms. The molecular weight excluding hydrogens is 364 g/mol. The van der Waals surface area contributed by atoms with Gasteiger partial charge in [-0.05, 0) is 45.9 Å². The fourth-order valence-electron chi connectivity index (χ4n) is 4.49. The van der Waals surface area contributed by atoms with E-state index in [1.165, 1.54) is 0 Å². The quantitative estimate of drug-likeness (QED) is 0.579. The van der Waals surface area contributed by atoms with Crippen molar-refractivity contribution in [3.63, 3.8) is 0 Å². The Morgan fingerprint density at radius 1 is 1.07 bits per heavy atom. The number of aliphatic hydroxyl groups excluding tert-OH is 1. The summed E-state index contributed by atoms with van der Waals surface area (Å²) in [4.78, 5) is 4.26. The van der Waals surface area contributed by atoms with Crippen LogP contribution in [0.25, 0.3) is 0 Å². The van der Waals surface area contributed by atoms with E-state index in [1.807, 2.05) is 12.1 Å². The number of aliphatic hydroxyl groups is 1. The first-order chi connectivity index (χ1) is 13.2. The van der Waals surface area contributed by atoms with Crippen LogP contribution in [0.3, 0.4) is 0 Å². The van der Waals surface area contributed by atoms with Gasteiger partial charge in [-0.1, -0.05) is 53.7 Å². The summed E-state index contributed by atoms with van der Waals surface area (Å²) in [5.41, 5.74) is 4.39. The van der Waals surface area contributed by atoms with Gasteiger partial charge in [-0.25, -0.2) is 0 Å². The van der Waals surface area contributed by atoms with E-state index in [1.54, 1.807) is 30.6 Å². The van der Waals surface area contributed by atoms with Crippen LogP contribution in [0.5, 0.6) is 0 Å². The highest BCUT2D eigenvalue weighted by molar-refractivity contribution is 6.77. The standard InChI is InChI=1S/C23H32N2O2Si/c1-16(2)28(17(3)4,18(5)6)27-15-21-14-25-11-10-22(21)23(26)20-9-7-8-19(12-20)13-24/h7-12,14,16-18,23,26H,15H2,1-6H3. The fourth-order valence-corrected chi connectivity index (χ4v) is 9.89. The molecule has 0 bridgehead atoms. The average molecular weight is 397 g/mol. The van der Waals surface area contributed by atoms with Crippen LogP contribution in [0.4, 0.5) is 0 Å². The van der Waals surface area contributed by atoms with E-state index in [0.717, 1.165) is 11.1 Å². The zero-order valence-electron chi connectivity index (χ0n) is 17.8. The Bertz CT molecular complexity index is 806. The van der Waals surface area contributed by atoms with E-state index in [-0.39, 0.29) is 0 Å². The molecule has 0 aliphatic carbocycles. The molecule has 0 saturated heterocycles. The third-order valence-corrected chi connectivity index (χ3v) is 11.8. The van der Waals surface area contributed by atoms with Gasteiger partial charge in [0.25, 0.3) is 0 Å². The predicted molar refractivity (Wildman–Crippen MR) is 115 cm³/mol. The maximum Gasteiger partial charge on any atom is 0.200 e. The summed E-state index contributed by atoms with van der Waals surface area (Å²) in [5, 5.41) is 20.1. The molecule has 1 unspecified atom stereocenters. The molecule has 28 heavy (non-hydrogen) atoms. The maximum atomic E-state index is 11.0. The lowest BCUT2D eigenvalue weighted by Crippen LogP contribution is -2.47. The van der Waals surface area contributed by atoms with Crippen molar-refractivity contribution in [3.8, 4) is 6.07 Å². The van der Waals surface area contributed by atoms with E-state index in [0.29, 0.717) is 34.4 Å². The number of hydrogen-bond donors (Lipinski definition) is 1. The minimum atomic E-state index is -2.01. The number of nitrogens with zero attached hydrogens (tertiary/aromatic N) is 2. The topological polar surface area (TPSA) is 66.1 Å². The Hall–Kier alpha value is -2.00. The highest BCUT2D eigenvalue weighted by atomic mass is 28.4. The van der Waals surface area contributed by atoms with Crippen LogP contribution in [0, 0.1) is 11.3 Å². The molecule has 2 rings (SSSR count). The molecule has 4 nitrogen and oxygen atoms in total. The molecule has 1 atom stereocenters. The third kappa shape index (κ3) is 4.52. The minimum absolute atomic E-state index is 0.443. The number of aromatic nitrogens is 1. The van der Waals surface area contributed by atoms with Gasteiger partial charge in [-0.15, -0.1) is 0 Å². The number of benzene rings is 1. The molecule has 1 heterocycles. The summed E-state index contributed by atoms with van der Waals surface area (Å²) < 4.78 is 6.71. The molecule has 150 valence electrons. The normalized spacial score (nSPS) is 13.2. The van der Waals surface area contributed by atoms with Crippen molar-refractivity contribution in [2.75, 3.05) is 0 Å². The van der Waals surface area contributed by atoms with Crippen LogP contribution >= 0.6 is 0 Å². The molecule has 1 aromatic heterocycles. The van der Waals surface area contributed by atoms with Gasteiger partial charge in [0.05, 0.1) is 18.2 Å². The average Bonchev–Trinajstić information content (AvgIpc) is 2.67. The third-order valence-electron chi connectivity index (χ3n) is 5.75. The zero-order chi connectivity index (χ0) is 20.9. The lowest BCUT2D eigenvalue weighted by Gasteiger charge is -2.42. The lowest BCUT2D eigenvalue weighted by molar-refractivity contribution is 0.212. The van der Waals surface area contributed by atoms with Crippen molar-refractivity contribution in [3.05, 3.63) is 65.0 Å². The van der Waals surface area contributed by atoms with Gasteiger partial charge >= 0.3 is 0 Å². The molecule has 5 heteroatoms. The van der Waals surface area contributed by atoms with E-state index >= 15 is 0 Å². The van der Waals surface area contributed by atoms with Gasteiger partial charge in [-0.3, -0.25) is 4.98 Å². The van der Waals surface area contributed by atoms with Crippen LogP contribution < -0.4 is 0 Å². The maximum absolute atomic E-state index is 11.0. The predicted octanol–water partition coefficient (Wildman–Crippen LogP) is 5.73. The molecule has 0 aliphatic rings. The fraction of sp³-hybridized carbons (Fsp3) is 0.478. The summed E-state index contributed by atoms with van der Waals surface area (Å²) in [5.74, 6) is 0. The Balaban J connectivity index is 2.35. The second-order valence-corrected chi connectivity index (χ2v) is 13.8. The molecule has 2 aromatic rings. The highest BCUT2D eigenvalue weighted by Gasteiger charge is 2.45. The van der Waals surface area contributed by atoms with Crippen molar-refractivity contribution in [2.45, 2.75) is 70.9 Å². The van der Waals surface area contributed by atoms with Crippen molar-refractivity contribution in [1.29, 1.82) is 5.26 Å². The second-order valence-electron chi connectivity index (χ2n) is 8.32. The highest BCUT2D eigenvalue weighted by Crippen LogP contribution is 2.43. The molecule has 0 amide bonds. The molecule has 0 aliphatic heterocycles. The van der Waals surface area contributed by atoms with Gasteiger partial charge in [0.15, 0.2) is 0 Å². The molecule has 0 fully saturated rings. The van der Waals surface area contributed by atoms with Gasteiger partial charge in [0.1, 0.15) is 6.10 Å². The first-order valence-electron chi connectivity index (χ1n) is 9.98. The number of nitriles is 1. The van der Waals surface area contributed by atoms with Crippen molar-refractivity contribution >= 4 is 8.32 Å². The first-order valence-corrected chi connectivity index (χ1v) is 12.1. The van der Waals surface area contributed by atoms with E-state index < -0.39 is 14.4 Å². The van der Waals surface area contributed by atoms with Crippen LogP contribution in [0.2, 0.25) is 16.6 Å². The molecule has 1 aromatic carbocycles. The van der Waals surface area contributed by atoms with Crippen molar-refractivity contribution < 1.29 is 9.53 Å². The van der Waals surface area contributed by atoms with E-state index in [2.05, 4.69) is 52.6 Å². The minimum Gasteiger partial charge on any atom is -0.412 e. The van der Waals surface area contributed by atoms with Crippen LogP contribution in [-0.4, -0.2) is 18.4 Å². The molecular formula is C23H32N2O2Si. The Labute approximate surface area is 170 Å². The smallest absolute Gasteiger partial charge is 0.200 e. The van der Waals surface area contributed by atoms with Gasteiger partial charge < -0.3 is 9.53 Å². The summed E-state index contributed by atoms with van der Waals surface area (Å²) in [6, 6.07) is 11.1. The zero-order valence-corrected chi connectivity index (χ0v) is 18.8. The van der Waals surface area contributed by atoms with Crippen molar-refractivity contribution in [1.82, 2.24) is 4.98 Å². The lowest BCUT2D eigenvalue weighted by atomic mass is 9.97. The summed E-state index contributed by atoms with van der Waals surface area (Å²) in [6.45, 7) is 14.0. The van der Waals surface area contributed by atoms with Crippen LogP contribution in [0.1, 0.15) is 69.9 Å². The number of pyridine rings is 1. The van der Waals surface area contributed by atoms with Crippen LogP contribution in [-0.2, 0) is 11.0 Å². The summed E-state index contributed by atoms with van der Waals surface area (Å²) in [6.07, 6.45) is 2.66. The SMILES string of the molecule is CC(C)[Si](OCc1cnccc1C(O)c1cccc(C#N)c1)(C(C)C)C(C)C.